The standard InChI is InChI=1S/C17H21NO4.C4H9N.C3H8.C2H4O2/c1-11(4-7-15(19)22-3)18-16(20)13-6-5-12(21-2)10-14(13)17(18)8-9-17;5-4-2-1-3-4;1-3-2;1-4-2-3/h5-6,10-11H,4,7-9H2,1-3H3;4H,1-3,5H2;3H2,1-2H3;2H,1H3. The smallest absolute Gasteiger partial charge is 0.305 e. The molecule has 3 aliphatic rings. The summed E-state index contributed by atoms with van der Waals surface area (Å²) in [6, 6.07) is 6.23. The number of hydrogen-bond donors (Lipinski definition) is 1. The number of hydrogen-bond acceptors (Lipinski definition) is 7. The van der Waals surface area contributed by atoms with E-state index in [4.69, 9.17) is 20.0 Å². The van der Waals surface area contributed by atoms with Crippen LogP contribution in [0.3, 0.4) is 0 Å². The third-order valence-corrected chi connectivity index (χ3v) is 6.04. The zero-order valence-corrected chi connectivity index (χ0v) is 21.6. The van der Waals surface area contributed by atoms with Crippen molar-refractivity contribution in [1.82, 2.24) is 4.90 Å². The molecule has 0 aromatic heterocycles. The van der Waals surface area contributed by atoms with Gasteiger partial charge in [-0.15, -0.1) is 0 Å². The lowest BCUT2D eigenvalue weighted by molar-refractivity contribution is -0.141. The third-order valence-electron chi connectivity index (χ3n) is 6.04. The van der Waals surface area contributed by atoms with Gasteiger partial charge in [-0.2, -0.15) is 0 Å². The van der Waals surface area contributed by atoms with Gasteiger partial charge in [0, 0.05) is 24.1 Å². The Kier molecular flexibility index (Phi) is 12.6. The molecule has 1 spiro atoms. The van der Waals surface area contributed by atoms with Gasteiger partial charge in [-0.05, 0) is 62.8 Å². The highest BCUT2D eigenvalue weighted by Crippen LogP contribution is 2.58. The van der Waals surface area contributed by atoms with Gasteiger partial charge in [0.15, 0.2) is 0 Å². The first-order chi connectivity index (χ1) is 16.3. The van der Waals surface area contributed by atoms with Crippen LogP contribution in [0.1, 0.15) is 88.1 Å². The fraction of sp³-hybridized carbons (Fsp3) is 0.654. The van der Waals surface area contributed by atoms with Gasteiger partial charge in [-0.1, -0.05) is 26.7 Å². The van der Waals surface area contributed by atoms with E-state index < -0.39 is 0 Å². The minimum Gasteiger partial charge on any atom is -0.497 e. The Morgan fingerprint density at radius 1 is 1.24 bits per heavy atom. The molecule has 1 aliphatic heterocycles. The van der Waals surface area contributed by atoms with Crippen molar-refractivity contribution in [3.63, 3.8) is 0 Å². The van der Waals surface area contributed by atoms with E-state index in [0.29, 0.717) is 25.4 Å². The molecule has 1 aromatic rings. The largest absolute Gasteiger partial charge is 0.497 e. The number of nitrogens with zero attached hydrogens (tertiary/aromatic N) is 1. The van der Waals surface area contributed by atoms with Crippen LogP contribution in [-0.2, 0) is 24.6 Å². The van der Waals surface area contributed by atoms with Crippen LogP contribution in [0.4, 0.5) is 0 Å². The van der Waals surface area contributed by atoms with Crippen molar-refractivity contribution in [1.29, 1.82) is 0 Å². The SMILES string of the molecule is CCC.COC(=O)CCC(C)N1C(=O)c2ccc(OC)cc2C12CC2.COC=O.NC1CCC1. The van der Waals surface area contributed by atoms with E-state index in [1.54, 1.807) is 7.11 Å². The van der Waals surface area contributed by atoms with Gasteiger partial charge < -0.3 is 24.8 Å². The molecule has 2 fully saturated rings. The van der Waals surface area contributed by atoms with E-state index in [1.807, 2.05) is 30.0 Å². The van der Waals surface area contributed by atoms with E-state index in [0.717, 1.165) is 29.7 Å². The number of esters is 1. The first-order valence-electron chi connectivity index (χ1n) is 12.1. The Labute approximate surface area is 204 Å². The third kappa shape index (κ3) is 7.72. The Hall–Kier alpha value is -2.61. The predicted octanol–water partition coefficient (Wildman–Crippen LogP) is 4.18. The fourth-order valence-corrected chi connectivity index (χ4v) is 3.92. The molecule has 192 valence electrons. The molecule has 0 saturated heterocycles. The molecule has 8 heteroatoms. The lowest BCUT2D eigenvalue weighted by Crippen LogP contribution is -2.41. The summed E-state index contributed by atoms with van der Waals surface area (Å²) in [5, 5.41) is 0. The van der Waals surface area contributed by atoms with Crippen LogP contribution >= 0.6 is 0 Å². The summed E-state index contributed by atoms with van der Waals surface area (Å²) in [7, 11) is 4.33. The van der Waals surface area contributed by atoms with Crippen molar-refractivity contribution in [2.75, 3.05) is 21.3 Å². The van der Waals surface area contributed by atoms with Gasteiger partial charge in [-0.3, -0.25) is 14.4 Å². The number of methoxy groups -OCH3 is 3. The van der Waals surface area contributed by atoms with Gasteiger partial charge in [0.2, 0.25) is 0 Å². The molecule has 1 amide bonds. The van der Waals surface area contributed by atoms with E-state index in [9.17, 15) is 9.59 Å². The van der Waals surface area contributed by atoms with Crippen molar-refractivity contribution >= 4 is 18.3 Å². The van der Waals surface area contributed by atoms with Crippen molar-refractivity contribution in [3.05, 3.63) is 29.3 Å². The van der Waals surface area contributed by atoms with E-state index in [-0.39, 0.29) is 23.5 Å². The summed E-state index contributed by atoms with van der Waals surface area (Å²) in [5.41, 5.74) is 7.03. The van der Waals surface area contributed by atoms with E-state index in [1.165, 1.54) is 39.9 Å². The second-order valence-corrected chi connectivity index (χ2v) is 8.81. The maximum absolute atomic E-state index is 12.8. The summed E-state index contributed by atoms with van der Waals surface area (Å²) in [5.74, 6) is 0.608. The van der Waals surface area contributed by atoms with Crippen LogP contribution in [0, 0.1) is 0 Å². The average Bonchev–Trinajstić information content (AvgIpc) is 3.58. The van der Waals surface area contributed by atoms with Gasteiger partial charge in [0.1, 0.15) is 5.75 Å². The first-order valence-corrected chi connectivity index (χ1v) is 12.1. The summed E-state index contributed by atoms with van der Waals surface area (Å²) in [6.07, 6.45) is 8.03. The zero-order valence-electron chi connectivity index (χ0n) is 21.6. The Bertz CT molecular complexity index is 789. The zero-order chi connectivity index (χ0) is 25.7. The van der Waals surface area contributed by atoms with Crippen molar-refractivity contribution in [2.24, 2.45) is 5.73 Å². The van der Waals surface area contributed by atoms with Crippen molar-refractivity contribution < 1.29 is 28.6 Å². The van der Waals surface area contributed by atoms with Crippen LogP contribution in [0.5, 0.6) is 5.75 Å². The molecule has 1 heterocycles. The lowest BCUT2D eigenvalue weighted by atomic mass is 9.95. The summed E-state index contributed by atoms with van der Waals surface area (Å²) in [4.78, 5) is 35.0. The second-order valence-electron chi connectivity index (χ2n) is 8.81. The predicted molar refractivity (Wildman–Crippen MR) is 132 cm³/mol. The Balaban J connectivity index is 0.000000397. The van der Waals surface area contributed by atoms with Gasteiger partial charge in [0.05, 0.1) is 26.9 Å². The molecule has 1 unspecified atom stereocenters. The number of carbonyl (C=O) groups excluding carboxylic acids is 3. The molecule has 2 N–H and O–H groups in total. The molecule has 1 atom stereocenters. The normalized spacial score (nSPS) is 17.3. The van der Waals surface area contributed by atoms with Crippen molar-refractivity contribution in [3.8, 4) is 5.75 Å². The molecule has 34 heavy (non-hydrogen) atoms. The number of ether oxygens (including phenoxy) is 3. The summed E-state index contributed by atoms with van der Waals surface area (Å²) in [6.45, 7) is 6.63. The van der Waals surface area contributed by atoms with Crippen LogP contribution in [0.25, 0.3) is 0 Å². The van der Waals surface area contributed by atoms with Gasteiger partial charge in [-0.25, -0.2) is 0 Å². The van der Waals surface area contributed by atoms with Crippen LogP contribution in [0.2, 0.25) is 0 Å². The highest BCUT2D eigenvalue weighted by atomic mass is 16.5. The highest BCUT2D eigenvalue weighted by Gasteiger charge is 2.59. The maximum atomic E-state index is 12.8. The molecule has 0 radical (unpaired) electrons. The molecule has 2 aliphatic carbocycles. The highest BCUT2D eigenvalue weighted by molar-refractivity contribution is 6.01. The molecule has 1 aromatic carbocycles. The molecule has 4 rings (SSSR count). The molecular formula is C26H42N2O6. The number of benzene rings is 1. The monoisotopic (exact) mass is 478 g/mol. The average molecular weight is 479 g/mol. The van der Waals surface area contributed by atoms with Crippen LogP contribution in [0.15, 0.2) is 18.2 Å². The van der Waals surface area contributed by atoms with Crippen molar-refractivity contribution in [2.45, 2.75) is 89.8 Å². The fourth-order valence-electron chi connectivity index (χ4n) is 3.92. The quantitative estimate of drug-likeness (QED) is 0.482. The maximum Gasteiger partial charge on any atom is 0.305 e. The summed E-state index contributed by atoms with van der Waals surface area (Å²) >= 11 is 0. The van der Waals surface area contributed by atoms with E-state index in [2.05, 4.69) is 18.6 Å². The van der Waals surface area contributed by atoms with Crippen LogP contribution in [-0.4, -0.2) is 56.7 Å². The molecular weight excluding hydrogens is 436 g/mol. The Morgan fingerprint density at radius 3 is 2.18 bits per heavy atom. The minimum absolute atomic E-state index is 0.00694. The number of carbonyl (C=O) groups is 3. The first kappa shape index (κ1) is 29.4. The minimum atomic E-state index is -0.234. The molecule has 0 bridgehead atoms. The Morgan fingerprint density at radius 2 is 1.79 bits per heavy atom. The molecule has 8 nitrogen and oxygen atoms in total. The molecule has 2 saturated carbocycles. The number of rotatable bonds is 6. The second kappa shape index (κ2) is 14.6. The van der Waals surface area contributed by atoms with Gasteiger partial charge >= 0.3 is 5.97 Å². The number of nitrogens with two attached hydrogens (primary N) is 1. The van der Waals surface area contributed by atoms with Gasteiger partial charge in [0.25, 0.3) is 12.4 Å². The topological polar surface area (TPSA) is 108 Å². The van der Waals surface area contributed by atoms with E-state index >= 15 is 0 Å². The van der Waals surface area contributed by atoms with Crippen LogP contribution < -0.4 is 10.5 Å². The summed E-state index contributed by atoms with van der Waals surface area (Å²) < 4.78 is 13.8. The number of fused-ring (bicyclic) bond motifs is 2. The number of amides is 1. The lowest BCUT2D eigenvalue weighted by Gasteiger charge is -2.31.